The van der Waals surface area contributed by atoms with E-state index in [4.69, 9.17) is 5.11 Å². The van der Waals surface area contributed by atoms with E-state index in [-0.39, 0.29) is 5.56 Å². The lowest BCUT2D eigenvalue weighted by atomic mass is 10.1. The van der Waals surface area contributed by atoms with Crippen LogP contribution in [0.3, 0.4) is 0 Å². The Labute approximate surface area is 95.3 Å². The Kier molecular flexibility index (Phi) is 2.70. The standard InChI is InChI=1S/C11H8FNO2S/c1-6-2-10(16-13-6)7-3-8(11(14)15)5-9(12)4-7/h2-5H,1H3,(H,14,15). The van der Waals surface area contributed by atoms with Gasteiger partial charge in [0.1, 0.15) is 5.82 Å². The molecule has 82 valence electrons. The summed E-state index contributed by atoms with van der Waals surface area (Å²) in [7, 11) is 0. The molecule has 0 aliphatic carbocycles. The lowest BCUT2D eigenvalue weighted by Gasteiger charge is -2.00. The molecule has 1 heterocycles. The van der Waals surface area contributed by atoms with Gasteiger partial charge in [-0.05, 0) is 48.3 Å². The lowest BCUT2D eigenvalue weighted by Crippen LogP contribution is -1.97. The maximum atomic E-state index is 13.2. The molecule has 0 saturated heterocycles. The highest BCUT2D eigenvalue weighted by molar-refractivity contribution is 7.09. The molecule has 0 amide bonds. The summed E-state index contributed by atoms with van der Waals surface area (Å²) >= 11 is 1.22. The summed E-state index contributed by atoms with van der Waals surface area (Å²) in [4.78, 5) is 11.5. The van der Waals surface area contributed by atoms with Crippen LogP contribution in [0.5, 0.6) is 0 Å². The van der Waals surface area contributed by atoms with Crippen LogP contribution in [0.15, 0.2) is 24.3 Å². The van der Waals surface area contributed by atoms with Gasteiger partial charge in [-0.15, -0.1) is 0 Å². The third-order valence-corrected chi connectivity index (χ3v) is 2.99. The third kappa shape index (κ3) is 2.09. The first-order valence-corrected chi connectivity index (χ1v) is 5.31. The van der Waals surface area contributed by atoms with E-state index in [9.17, 15) is 9.18 Å². The zero-order valence-electron chi connectivity index (χ0n) is 8.40. The van der Waals surface area contributed by atoms with E-state index in [0.29, 0.717) is 5.56 Å². The van der Waals surface area contributed by atoms with Gasteiger partial charge in [-0.25, -0.2) is 9.18 Å². The molecule has 2 aromatic rings. The molecule has 1 aromatic carbocycles. The zero-order valence-corrected chi connectivity index (χ0v) is 9.21. The molecule has 16 heavy (non-hydrogen) atoms. The molecule has 2 rings (SSSR count). The fourth-order valence-corrected chi connectivity index (χ4v) is 2.10. The summed E-state index contributed by atoms with van der Waals surface area (Å²) in [5.41, 5.74) is 1.32. The minimum absolute atomic E-state index is 0.0546. The molecule has 0 spiro atoms. The second kappa shape index (κ2) is 4.02. The molecule has 0 aliphatic rings. The molecule has 0 bridgehead atoms. The van der Waals surface area contributed by atoms with Crippen LogP contribution in [0.2, 0.25) is 0 Å². The van der Waals surface area contributed by atoms with Crippen molar-refractivity contribution in [2.45, 2.75) is 6.92 Å². The molecule has 0 fully saturated rings. The minimum atomic E-state index is -1.14. The summed E-state index contributed by atoms with van der Waals surface area (Å²) in [5, 5.41) is 8.81. The Balaban J connectivity index is 2.53. The second-order valence-corrected chi connectivity index (χ2v) is 4.17. The van der Waals surface area contributed by atoms with Gasteiger partial charge < -0.3 is 5.11 Å². The fourth-order valence-electron chi connectivity index (χ4n) is 1.36. The van der Waals surface area contributed by atoms with E-state index in [2.05, 4.69) is 4.37 Å². The Bertz CT molecular complexity index is 551. The molecule has 3 nitrogen and oxygen atoms in total. The molecule has 0 aliphatic heterocycles. The van der Waals surface area contributed by atoms with Gasteiger partial charge in [-0.2, -0.15) is 4.37 Å². The van der Waals surface area contributed by atoms with Gasteiger partial charge in [0.2, 0.25) is 0 Å². The van der Waals surface area contributed by atoms with Gasteiger partial charge in [0.25, 0.3) is 0 Å². The predicted octanol–water partition coefficient (Wildman–Crippen LogP) is 2.96. The van der Waals surface area contributed by atoms with Crippen molar-refractivity contribution in [1.82, 2.24) is 4.37 Å². The first-order valence-electron chi connectivity index (χ1n) is 4.54. The number of carboxylic acid groups (broad SMARTS) is 1. The molecular formula is C11H8FNO2S. The van der Waals surface area contributed by atoms with Crippen molar-refractivity contribution in [2.24, 2.45) is 0 Å². The number of aromatic carboxylic acids is 1. The van der Waals surface area contributed by atoms with Crippen LogP contribution in [0, 0.1) is 12.7 Å². The highest BCUT2D eigenvalue weighted by atomic mass is 32.1. The van der Waals surface area contributed by atoms with Crippen LogP contribution in [0.25, 0.3) is 10.4 Å². The van der Waals surface area contributed by atoms with E-state index in [1.807, 2.05) is 6.92 Å². The number of rotatable bonds is 2. The van der Waals surface area contributed by atoms with Crippen LogP contribution < -0.4 is 0 Å². The van der Waals surface area contributed by atoms with E-state index in [0.717, 1.165) is 16.6 Å². The second-order valence-electron chi connectivity index (χ2n) is 3.37. The van der Waals surface area contributed by atoms with Crippen molar-refractivity contribution >= 4 is 17.5 Å². The molecule has 5 heteroatoms. The first-order chi connectivity index (χ1) is 7.56. The van der Waals surface area contributed by atoms with E-state index < -0.39 is 11.8 Å². The molecule has 0 unspecified atom stereocenters. The van der Waals surface area contributed by atoms with Crippen LogP contribution in [-0.2, 0) is 0 Å². The zero-order chi connectivity index (χ0) is 11.7. The highest BCUT2D eigenvalue weighted by Crippen LogP contribution is 2.26. The summed E-state index contributed by atoms with van der Waals surface area (Å²) in [6, 6.07) is 5.54. The van der Waals surface area contributed by atoms with Crippen LogP contribution in [-0.4, -0.2) is 15.4 Å². The van der Waals surface area contributed by atoms with Crippen molar-refractivity contribution in [2.75, 3.05) is 0 Å². The first kappa shape index (κ1) is 10.8. The minimum Gasteiger partial charge on any atom is -0.478 e. The number of hydrogen-bond donors (Lipinski definition) is 1. The van der Waals surface area contributed by atoms with Crippen molar-refractivity contribution in [3.63, 3.8) is 0 Å². The van der Waals surface area contributed by atoms with Crippen molar-refractivity contribution in [3.05, 3.63) is 41.3 Å². The van der Waals surface area contributed by atoms with Gasteiger partial charge >= 0.3 is 5.97 Å². The number of hydrogen-bond acceptors (Lipinski definition) is 3. The predicted molar refractivity (Wildman–Crippen MR) is 59.2 cm³/mol. The Morgan fingerprint density at radius 1 is 1.38 bits per heavy atom. The van der Waals surface area contributed by atoms with Crippen LogP contribution in [0.4, 0.5) is 4.39 Å². The maximum absolute atomic E-state index is 13.2. The van der Waals surface area contributed by atoms with Crippen LogP contribution >= 0.6 is 11.5 Å². The number of halogens is 1. The highest BCUT2D eigenvalue weighted by Gasteiger charge is 2.09. The number of benzene rings is 1. The number of carboxylic acids is 1. The van der Waals surface area contributed by atoms with Crippen molar-refractivity contribution < 1.29 is 14.3 Å². The topological polar surface area (TPSA) is 50.2 Å². The Morgan fingerprint density at radius 2 is 2.12 bits per heavy atom. The fraction of sp³-hybridized carbons (Fsp3) is 0.0909. The Morgan fingerprint density at radius 3 is 2.69 bits per heavy atom. The SMILES string of the molecule is Cc1cc(-c2cc(F)cc(C(=O)O)c2)sn1. The third-order valence-electron chi connectivity index (χ3n) is 2.06. The monoisotopic (exact) mass is 237 g/mol. The van der Waals surface area contributed by atoms with Gasteiger partial charge in [0.05, 0.1) is 16.1 Å². The maximum Gasteiger partial charge on any atom is 0.335 e. The molecule has 1 N–H and O–H groups in total. The Hall–Kier alpha value is -1.75. The smallest absolute Gasteiger partial charge is 0.335 e. The van der Waals surface area contributed by atoms with E-state index in [1.54, 1.807) is 6.07 Å². The van der Waals surface area contributed by atoms with Gasteiger partial charge in [-0.1, -0.05) is 0 Å². The summed E-state index contributed by atoms with van der Waals surface area (Å²) in [6.45, 7) is 1.83. The number of carbonyl (C=O) groups is 1. The molecule has 0 atom stereocenters. The number of aryl methyl sites for hydroxylation is 1. The number of nitrogens with zero attached hydrogens (tertiary/aromatic N) is 1. The molecular weight excluding hydrogens is 229 g/mol. The molecule has 0 radical (unpaired) electrons. The van der Waals surface area contributed by atoms with E-state index >= 15 is 0 Å². The van der Waals surface area contributed by atoms with Crippen LogP contribution in [0.1, 0.15) is 16.1 Å². The molecule has 0 saturated carbocycles. The number of aromatic nitrogens is 1. The lowest BCUT2D eigenvalue weighted by molar-refractivity contribution is 0.0696. The van der Waals surface area contributed by atoms with E-state index in [1.165, 1.54) is 23.7 Å². The summed E-state index contributed by atoms with van der Waals surface area (Å²) in [6.07, 6.45) is 0. The average Bonchev–Trinajstić information content (AvgIpc) is 2.64. The molecule has 1 aromatic heterocycles. The quantitative estimate of drug-likeness (QED) is 0.873. The average molecular weight is 237 g/mol. The van der Waals surface area contributed by atoms with Gasteiger partial charge in [0, 0.05) is 0 Å². The van der Waals surface area contributed by atoms with Gasteiger partial charge in [-0.3, -0.25) is 0 Å². The normalized spacial score (nSPS) is 10.4. The largest absolute Gasteiger partial charge is 0.478 e. The summed E-state index contributed by atoms with van der Waals surface area (Å²) in [5.74, 6) is -1.69. The summed E-state index contributed by atoms with van der Waals surface area (Å²) < 4.78 is 17.3. The van der Waals surface area contributed by atoms with Crippen molar-refractivity contribution in [3.8, 4) is 10.4 Å². The van der Waals surface area contributed by atoms with Gasteiger partial charge in [0.15, 0.2) is 0 Å². The van der Waals surface area contributed by atoms with Crippen molar-refractivity contribution in [1.29, 1.82) is 0 Å².